The minimum absolute atomic E-state index is 0.332. The van der Waals surface area contributed by atoms with Gasteiger partial charge >= 0.3 is 0 Å². The van der Waals surface area contributed by atoms with Crippen LogP contribution >= 0.6 is 0 Å². The summed E-state index contributed by atoms with van der Waals surface area (Å²) in [4.78, 5) is 8.47. The average molecular weight is 285 g/mol. The highest BCUT2D eigenvalue weighted by molar-refractivity contribution is 5.87. The maximum Gasteiger partial charge on any atom is 0.168 e. The molecule has 0 fully saturated rings. The van der Waals surface area contributed by atoms with Crippen LogP contribution in [-0.4, -0.2) is 26.3 Å². The fraction of sp³-hybridized carbons (Fsp3) is 0.267. The fourth-order valence-electron chi connectivity index (χ4n) is 2.17. The second-order valence-electron chi connectivity index (χ2n) is 4.75. The van der Waals surface area contributed by atoms with E-state index >= 15 is 0 Å². The van der Waals surface area contributed by atoms with Crippen molar-refractivity contribution >= 4 is 16.9 Å². The van der Waals surface area contributed by atoms with Gasteiger partial charge in [0.25, 0.3) is 0 Å². The molecule has 0 unspecified atom stereocenters. The predicted molar refractivity (Wildman–Crippen MR) is 80.0 cm³/mol. The molecule has 0 aliphatic rings. The Hall–Kier alpha value is -2.50. The lowest BCUT2D eigenvalue weighted by atomic mass is 10.3. The molecule has 5 nitrogen and oxygen atoms in total. The number of rotatable bonds is 5. The Kier molecular flexibility index (Phi) is 3.77. The average Bonchev–Trinajstić information content (AvgIpc) is 2.93. The number of benzene rings is 1. The van der Waals surface area contributed by atoms with Gasteiger partial charge in [0.05, 0.1) is 11.6 Å². The highest BCUT2D eigenvalue weighted by Crippen LogP contribution is 2.22. The maximum absolute atomic E-state index is 13.9. The molecule has 21 heavy (non-hydrogen) atoms. The van der Waals surface area contributed by atoms with E-state index in [9.17, 15) is 4.39 Å². The fourth-order valence-corrected chi connectivity index (χ4v) is 2.17. The zero-order valence-electron chi connectivity index (χ0n) is 11.8. The van der Waals surface area contributed by atoms with E-state index in [1.54, 1.807) is 24.4 Å². The van der Waals surface area contributed by atoms with Crippen molar-refractivity contribution in [1.82, 2.24) is 19.7 Å². The molecule has 0 aliphatic heterocycles. The lowest BCUT2D eigenvalue weighted by molar-refractivity contribution is 0.612. The molecule has 6 heteroatoms. The third kappa shape index (κ3) is 2.56. The van der Waals surface area contributed by atoms with E-state index in [1.165, 1.54) is 17.1 Å². The number of aromatic nitrogens is 4. The summed E-state index contributed by atoms with van der Waals surface area (Å²) in [6.07, 6.45) is 5.30. The van der Waals surface area contributed by atoms with Gasteiger partial charge in [0.2, 0.25) is 0 Å². The van der Waals surface area contributed by atoms with Crippen LogP contribution in [-0.2, 0) is 0 Å². The van der Waals surface area contributed by atoms with Gasteiger partial charge in [0.1, 0.15) is 23.6 Å². The van der Waals surface area contributed by atoms with Gasteiger partial charge in [0, 0.05) is 6.54 Å². The topological polar surface area (TPSA) is 55.6 Å². The summed E-state index contributed by atoms with van der Waals surface area (Å²) < 4.78 is 15.4. The van der Waals surface area contributed by atoms with Crippen LogP contribution in [0.25, 0.3) is 16.7 Å². The highest BCUT2D eigenvalue weighted by atomic mass is 19.1. The first-order valence-electron chi connectivity index (χ1n) is 6.98. The number of anilines is 1. The van der Waals surface area contributed by atoms with Crippen LogP contribution in [0.4, 0.5) is 10.2 Å². The minimum atomic E-state index is -0.332. The number of fused-ring (bicyclic) bond motifs is 1. The molecule has 2 aromatic heterocycles. The monoisotopic (exact) mass is 285 g/mol. The Balaban J connectivity index is 2.03. The minimum Gasteiger partial charge on any atom is -0.369 e. The number of halogens is 1. The Morgan fingerprint density at radius 2 is 2.10 bits per heavy atom. The standard InChI is InChI=1S/C15H16FN5/c1-2-3-8-17-14-11-9-20-21(15(11)19-10-18-14)13-7-5-4-6-12(13)16/h4-7,9-10H,2-3,8H2,1H3,(H,17,18,19). The van der Waals surface area contributed by atoms with Crippen molar-refractivity contribution in [2.75, 3.05) is 11.9 Å². The van der Waals surface area contributed by atoms with Crippen LogP contribution in [0.3, 0.4) is 0 Å². The smallest absolute Gasteiger partial charge is 0.168 e. The quantitative estimate of drug-likeness (QED) is 0.732. The third-order valence-corrected chi connectivity index (χ3v) is 3.27. The lowest BCUT2D eigenvalue weighted by Gasteiger charge is -2.06. The number of nitrogens with one attached hydrogen (secondary N) is 1. The largest absolute Gasteiger partial charge is 0.369 e. The first-order chi connectivity index (χ1) is 10.3. The van der Waals surface area contributed by atoms with E-state index in [4.69, 9.17) is 0 Å². The number of hydrogen-bond acceptors (Lipinski definition) is 4. The summed E-state index contributed by atoms with van der Waals surface area (Å²) in [5.74, 6) is 0.401. The summed E-state index contributed by atoms with van der Waals surface area (Å²) in [5, 5.41) is 8.31. The van der Waals surface area contributed by atoms with E-state index in [0.29, 0.717) is 11.3 Å². The van der Waals surface area contributed by atoms with Gasteiger partial charge in [-0.05, 0) is 18.6 Å². The Morgan fingerprint density at radius 1 is 1.24 bits per heavy atom. The number of unbranched alkanes of at least 4 members (excludes halogenated alkanes) is 1. The molecule has 108 valence electrons. The SMILES string of the molecule is CCCCNc1ncnc2c1cnn2-c1ccccc1F. The summed E-state index contributed by atoms with van der Waals surface area (Å²) in [6.45, 7) is 2.97. The van der Waals surface area contributed by atoms with Gasteiger partial charge in [-0.2, -0.15) is 5.10 Å². The van der Waals surface area contributed by atoms with E-state index in [0.717, 1.165) is 30.6 Å². The van der Waals surface area contributed by atoms with Crippen molar-refractivity contribution in [3.63, 3.8) is 0 Å². The lowest BCUT2D eigenvalue weighted by Crippen LogP contribution is -2.04. The molecular formula is C15H16FN5. The maximum atomic E-state index is 13.9. The molecule has 0 atom stereocenters. The van der Waals surface area contributed by atoms with Crippen LogP contribution < -0.4 is 5.32 Å². The zero-order valence-corrected chi connectivity index (χ0v) is 11.8. The van der Waals surface area contributed by atoms with Crippen molar-refractivity contribution in [3.05, 3.63) is 42.6 Å². The van der Waals surface area contributed by atoms with Gasteiger partial charge in [-0.3, -0.25) is 0 Å². The Morgan fingerprint density at radius 3 is 2.90 bits per heavy atom. The normalized spacial score (nSPS) is 11.0. The Labute approximate surface area is 121 Å². The zero-order chi connectivity index (χ0) is 14.7. The van der Waals surface area contributed by atoms with E-state index in [-0.39, 0.29) is 5.82 Å². The molecule has 1 aromatic carbocycles. The summed E-state index contributed by atoms with van der Waals surface area (Å²) in [5.41, 5.74) is 0.972. The van der Waals surface area contributed by atoms with Crippen LogP contribution in [0.15, 0.2) is 36.8 Å². The molecule has 0 aliphatic carbocycles. The summed E-state index contributed by atoms with van der Waals surface area (Å²) in [7, 11) is 0. The molecule has 0 spiro atoms. The first kappa shape index (κ1) is 13.5. The van der Waals surface area contributed by atoms with Crippen LogP contribution in [0.1, 0.15) is 19.8 Å². The van der Waals surface area contributed by atoms with Crippen molar-refractivity contribution in [3.8, 4) is 5.69 Å². The molecule has 0 amide bonds. The highest BCUT2D eigenvalue weighted by Gasteiger charge is 2.13. The van der Waals surface area contributed by atoms with Gasteiger partial charge in [-0.25, -0.2) is 19.0 Å². The second-order valence-corrected chi connectivity index (χ2v) is 4.75. The Bertz CT molecular complexity index is 753. The number of hydrogen-bond donors (Lipinski definition) is 1. The molecule has 0 saturated carbocycles. The van der Waals surface area contributed by atoms with Crippen molar-refractivity contribution in [2.24, 2.45) is 0 Å². The molecule has 0 bridgehead atoms. The van der Waals surface area contributed by atoms with Crippen LogP contribution in [0.5, 0.6) is 0 Å². The van der Waals surface area contributed by atoms with Crippen LogP contribution in [0, 0.1) is 5.82 Å². The summed E-state index contributed by atoms with van der Waals surface area (Å²) >= 11 is 0. The molecule has 3 aromatic rings. The van der Waals surface area contributed by atoms with Crippen molar-refractivity contribution in [2.45, 2.75) is 19.8 Å². The summed E-state index contributed by atoms with van der Waals surface area (Å²) in [6, 6.07) is 6.50. The van der Waals surface area contributed by atoms with Gasteiger partial charge in [0.15, 0.2) is 5.65 Å². The molecule has 0 radical (unpaired) electrons. The van der Waals surface area contributed by atoms with Gasteiger partial charge in [-0.15, -0.1) is 0 Å². The second kappa shape index (κ2) is 5.87. The molecule has 0 saturated heterocycles. The van der Waals surface area contributed by atoms with Crippen LogP contribution in [0.2, 0.25) is 0 Å². The third-order valence-electron chi connectivity index (χ3n) is 3.27. The van der Waals surface area contributed by atoms with Gasteiger partial charge < -0.3 is 5.32 Å². The first-order valence-corrected chi connectivity index (χ1v) is 6.98. The van der Waals surface area contributed by atoms with E-state index in [1.807, 2.05) is 0 Å². The number of nitrogens with zero attached hydrogens (tertiary/aromatic N) is 4. The van der Waals surface area contributed by atoms with Crippen molar-refractivity contribution < 1.29 is 4.39 Å². The molecule has 1 N–H and O–H groups in total. The molecular weight excluding hydrogens is 269 g/mol. The van der Waals surface area contributed by atoms with Gasteiger partial charge in [-0.1, -0.05) is 25.5 Å². The molecule has 3 rings (SSSR count). The predicted octanol–water partition coefficient (Wildman–Crippen LogP) is 3.17. The van der Waals surface area contributed by atoms with E-state index < -0.39 is 0 Å². The number of para-hydroxylation sites is 1. The van der Waals surface area contributed by atoms with Crippen molar-refractivity contribution in [1.29, 1.82) is 0 Å². The molecule has 2 heterocycles. The van der Waals surface area contributed by atoms with E-state index in [2.05, 4.69) is 27.3 Å².